The smallest absolute Gasteiger partial charge is 0.493 e. The van der Waals surface area contributed by atoms with Crippen LogP contribution in [0.15, 0.2) is 54.7 Å². The Morgan fingerprint density at radius 1 is 0.947 bits per heavy atom. The Morgan fingerprint density at radius 3 is 2.32 bits per heavy atom. The molecule has 2 fully saturated rings. The van der Waals surface area contributed by atoms with Crippen molar-refractivity contribution in [3.8, 4) is 28.5 Å². The number of benzene rings is 2. The van der Waals surface area contributed by atoms with Gasteiger partial charge in [0.1, 0.15) is 5.75 Å². The first-order valence-corrected chi connectivity index (χ1v) is 12.9. The van der Waals surface area contributed by atoms with E-state index in [1.54, 1.807) is 32.5 Å². The van der Waals surface area contributed by atoms with Gasteiger partial charge in [-0.1, -0.05) is 0 Å². The van der Waals surface area contributed by atoms with Gasteiger partial charge < -0.3 is 24.4 Å². The van der Waals surface area contributed by atoms with Gasteiger partial charge in [-0.2, -0.15) is 0 Å². The Hall–Kier alpha value is -3.46. The Balaban J connectivity index is 1.44. The second-order valence-corrected chi connectivity index (χ2v) is 9.78. The van der Waals surface area contributed by atoms with E-state index in [1.807, 2.05) is 12.1 Å². The summed E-state index contributed by atoms with van der Waals surface area (Å²) in [7, 11) is 3.31. The van der Waals surface area contributed by atoms with Crippen molar-refractivity contribution in [1.29, 1.82) is 0 Å². The van der Waals surface area contributed by atoms with Gasteiger partial charge in [-0.3, -0.25) is 4.98 Å². The lowest BCUT2D eigenvalue weighted by molar-refractivity contribution is -0.274. The summed E-state index contributed by atoms with van der Waals surface area (Å²) in [5.41, 5.74) is 4.86. The van der Waals surface area contributed by atoms with Crippen molar-refractivity contribution >= 4 is 5.69 Å². The average molecular weight is 528 g/mol. The van der Waals surface area contributed by atoms with Crippen LogP contribution in [0.4, 0.5) is 18.9 Å². The Kier molecular flexibility index (Phi) is 7.65. The monoisotopic (exact) mass is 527 g/mol. The first-order valence-electron chi connectivity index (χ1n) is 12.9. The van der Waals surface area contributed by atoms with Crippen molar-refractivity contribution in [2.75, 3.05) is 32.2 Å². The lowest BCUT2D eigenvalue weighted by Crippen LogP contribution is -2.43. The topological polar surface area (TPSA) is 55.9 Å². The number of rotatable bonds is 9. The van der Waals surface area contributed by atoms with Crippen LogP contribution in [0.3, 0.4) is 0 Å². The lowest BCUT2D eigenvalue weighted by atomic mass is 10.00. The molecule has 2 heterocycles. The highest BCUT2D eigenvalue weighted by atomic mass is 19.4. The number of hydrogen-bond acceptors (Lipinski definition) is 6. The molecule has 0 atom stereocenters. The maximum atomic E-state index is 12.7. The number of nitrogens with one attached hydrogen (secondary N) is 1. The molecule has 0 amide bonds. The summed E-state index contributed by atoms with van der Waals surface area (Å²) < 4.78 is 53.4. The van der Waals surface area contributed by atoms with Crippen LogP contribution in [0, 0.1) is 0 Å². The summed E-state index contributed by atoms with van der Waals surface area (Å²) in [6.45, 7) is 2.39. The molecule has 2 aliphatic rings. The fourth-order valence-corrected chi connectivity index (χ4v) is 5.16. The molecule has 1 aliphatic heterocycles. The van der Waals surface area contributed by atoms with Gasteiger partial charge in [0.05, 0.1) is 19.9 Å². The van der Waals surface area contributed by atoms with Crippen LogP contribution in [0.1, 0.15) is 42.7 Å². The molecule has 1 saturated carbocycles. The molecule has 9 heteroatoms. The standard InChI is InChI=1S/C29H32F3N3O3/c1-36-27-17-21(16-25(20-3-4-20)28(27)37-2)26-15-19(9-14-34-26)18-35(23-10-12-33-13-11-23)22-5-7-24(8-6-22)38-29(30,31)32/h5-9,14-17,20,23,33H,3-4,10-13,18H2,1-2H3. The van der Waals surface area contributed by atoms with Crippen molar-refractivity contribution in [2.45, 2.75) is 50.6 Å². The quantitative estimate of drug-likeness (QED) is 0.353. The number of hydrogen-bond donors (Lipinski definition) is 1. The number of alkyl halides is 3. The van der Waals surface area contributed by atoms with E-state index < -0.39 is 6.36 Å². The number of methoxy groups -OCH3 is 2. The Morgan fingerprint density at radius 2 is 1.68 bits per heavy atom. The minimum absolute atomic E-state index is 0.224. The molecule has 5 rings (SSSR count). The van der Waals surface area contributed by atoms with Gasteiger partial charge in [0.2, 0.25) is 0 Å². The van der Waals surface area contributed by atoms with Crippen LogP contribution in [0.25, 0.3) is 11.3 Å². The van der Waals surface area contributed by atoms with Crippen LogP contribution in [0.2, 0.25) is 0 Å². The SMILES string of the molecule is COc1cc(-c2cc(CN(c3ccc(OC(F)(F)F)cc3)C3CCNCC3)ccn2)cc(C2CC2)c1OC. The fourth-order valence-electron chi connectivity index (χ4n) is 5.16. The highest BCUT2D eigenvalue weighted by molar-refractivity contribution is 5.68. The van der Waals surface area contributed by atoms with Gasteiger partial charge in [0.15, 0.2) is 11.5 Å². The Labute approximate surface area is 220 Å². The second kappa shape index (κ2) is 11.1. The third-order valence-electron chi connectivity index (χ3n) is 7.15. The van der Waals surface area contributed by atoms with Crippen molar-refractivity contribution in [2.24, 2.45) is 0 Å². The van der Waals surface area contributed by atoms with Crippen LogP contribution >= 0.6 is 0 Å². The largest absolute Gasteiger partial charge is 0.573 e. The normalized spacial score (nSPS) is 16.2. The lowest BCUT2D eigenvalue weighted by Gasteiger charge is -2.36. The Bertz CT molecular complexity index is 1240. The van der Waals surface area contributed by atoms with E-state index in [2.05, 4.69) is 32.1 Å². The van der Waals surface area contributed by atoms with Gasteiger partial charge in [0, 0.05) is 35.6 Å². The number of piperidine rings is 1. The molecule has 1 N–H and O–H groups in total. The van der Waals surface area contributed by atoms with Crippen molar-refractivity contribution in [3.05, 3.63) is 65.9 Å². The molecular weight excluding hydrogens is 495 g/mol. The van der Waals surface area contributed by atoms with E-state index >= 15 is 0 Å². The third kappa shape index (κ3) is 6.15. The molecule has 2 aromatic carbocycles. The number of nitrogens with zero attached hydrogens (tertiary/aromatic N) is 2. The van der Waals surface area contributed by atoms with Gasteiger partial charge >= 0.3 is 6.36 Å². The number of pyridine rings is 1. The molecule has 1 aromatic heterocycles. The zero-order valence-corrected chi connectivity index (χ0v) is 21.6. The maximum Gasteiger partial charge on any atom is 0.573 e. The van der Waals surface area contributed by atoms with E-state index in [4.69, 9.17) is 9.47 Å². The highest BCUT2D eigenvalue weighted by Crippen LogP contribution is 2.49. The van der Waals surface area contributed by atoms with Crippen molar-refractivity contribution in [3.63, 3.8) is 0 Å². The van der Waals surface area contributed by atoms with Crippen molar-refractivity contribution < 1.29 is 27.4 Å². The molecule has 0 bridgehead atoms. The molecule has 1 saturated heterocycles. The van der Waals surface area contributed by atoms with Crippen LogP contribution in [0.5, 0.6) is 17.2 Å². The predicted molar refractivity (Wildman–Crippen MR) is 140 cm³/mol. The van der Waals surface area contributed by atoms with E-state index in [9.17, 15) is 13.2 Å². The zero-order valence-electron chi connectivity index (χ0n) is 21.6. The molecular formula is C29H32F3N3O3. The summed E-state index contributed by atoms with van der Waals surface area (Å²) in [4.78, 5) is 6.92. The van der Waals surface area contributed by atoms with Crippen LogP contribution in [-0.2, 0) is 6.54 Å². The third-order valence-corrected chi connectivity index (χ3v) is 7.15. The minimum Gasteiger partial charge on any atom is -0.493 e. The number of aromatic nitrogens is 1. The van der Waals surface area contributed by atoms with E-state index in [1.165, 1.54) is 12.1 Å². The number of halogens is 3. The summed E-state index contributed by atoms with van der Waals surface area (Å²) >= 11 is 0. The number of ether oxygens (including phenoxy) is 3. The van der Waals surface area contributed by atoms with E-state index in [0.29, 0.717) is 18.2 Å². The summed E-state index contributed by atoms with van der Waals surface area (Å²) in [5.74, 6) is 1.72. The first-order chi connectivity index (χ1) is 18.3. The van der Waals surface area contributed by atoms with E-state index in [0.717, 1.165) is 72.6 Å². The fraction of sp³-hybridized carbons (Fsp3) is 0.414. The number of anilines is 1. The van der Waals surface area contributed by atoms with Gasteiger partial charge in [-0.15, -0.1) is 13.2 Å². The molecule has 0 unspecified atom stereocenters. The summed E-state index contributed by atoms with van der Waals surface area (Å²) in [5, 5.41) is 3.39. The average Bonchev–Trinajstić information content (AvgIpc) is 3.77. The van der Waals surface area contributed by atoms with Gasteiger partial charge in [-0.05, 0) is 98.8 Å². The summed E-state index contributed by atoms with van der Waals surface area (Å²) in [6.07, 6.45) is 1.24. The van der Waals surface area contributed by atoms with Gasteiger partial charge in [0.25, 0.3) is 0 Å². The van der Waals surface area contributed by atoms with Crippen molar-refractivity contribution in [1.82, 2.24) is 10.3 Å². The summed E-state index contributed by atoms with van der Waals surface area (Å²) in [6, 6.07) is 14.6. The molecule has 0 spiro atoms. The molecule has 3 aromatic rings. The molecule has 38 heavy (non-hydrogen) atoms. The van der Waals surface area contributed by atoms with E-state index in [-0.39, 0.29) is 11.8 Å². The molecule has 202 valence electrons. The molecule has 6 nitrogen and oxygen atoms in total. The first kappa shape index (κ1) is 26.2. The highest BCUT2D eigenvalue weighted by Gasteiger charge is 2.31. The maximum absolute atomic E-state index is 12.7. The second-order valence-electron chi connectivity index (χ2n) is 9.78. The molecule has 0 radical (unpaired) electrons. The molecule has 1 aliphatic carbocycles. The zero-order chi connectivity index (χ0) is 26.7. The van der Waals surface area contributed by atoms with Crippen LogP contribution < -0.4 is 24.4 Å². The minimum atomic E-state index is -4.72. The predicted octanol–water partition coefficient (Wildman–Crippen LogP) is 6.30. The van der Waals surface area contributed by atoms with Crippen LogP contribution in [-0.4, -0.2) is 44.7 Å². The van der Waals surface area contributed by atoms with Gasteiger partial charge in [-0.25, -0.2) is 0 Å².